The summed E-state index contributed by atoms with van der Waals surface area (Å²) < 4.78 is 7.49. The molecule has 2 fully saturated rings. The minimum absolute atomic E-state index is 0.0108. The van der Waals surface area contributed by atoms with Gasteiger partial charge in [0.05, 0.1) is 18.3 Å². The van der Waals surface area contributed by atoms with Crippen molar-refractivity contribution in [1.82, 2.24) is 19.6 Å². The number of hydrogen-bond donors (Lipinski definition) is 1. The number of amides is 2. The molecule has 1 aliphatic carbocycles. The monoisotopic (exact) mass is 390 g/mol. The fourth-order valence-corrected chi connectivity index (χ4v) is 4.65. The van der Waals surface area contributed by atoms with Gasteiger partial charge in [0.1, 0.15) is 6.54 Å². The van der Waals surface area contributed by atoms with Crippen molar-refractivity contribution in [1.29, 1.82) is 0 Å². The molecule has 8 heteroatoms. The molecule has 154 valence electrons. The van der Waals surface area contributed by atoms with E-state index in [1.165, 1.54) is 0 Å². The predicted molar refractivity (Wildman–Crippen MR) is 102 cm³/mol. The molecule has 0 bridgehead atoms. The number of carbonyl (C=O) groups is 2. The average Bonchev–Trinajstić information content (AvgIpc) is 3.25. The fourth-order valence-electron chi connectivity index (χ4n) is 4.65. The maximum Gasteiger partial charge on any atom is 0.274 e. The van der Waals surface area contributed by atoms with Crippen LogP contribution in [0.25, 0.3) is 0 Å². The summed E-state index contributed by atoms with van der Waals surface area (Å²) in [5, 5.41) is 14.2. The van der Waals surface area contributed by atoms with Crippen LogP contribution in [0.3, 0.4) is 0 Å². The van der Waals surface area contributed by atoms with Gasteiger partial charge in [0.15, 0.2) is 5.69 Å². The standard InChI is InChI=1S/C20H30N4O4/c1-13-10-23(11-14(2)28-13)20(27)19-16-4-3-5-17(16)24(21-19)12-18(26)22-8-6-15(25)7-9-22/h13-15,25H,3-12H2,1-2H3/t13-,14+. The molecule has 2 saturated heterocycles. The molecular formula is C20H30N4O4. The van der Waals surface area contributed by atoms with Crippen LogP contribution in [0.15, 0.2) is 0 Å². The Kier molecular flexibility index (Phi) is 5.42. The third-order valence-electron chi connectivity index (χ3n) is 6.02. The number of carbonyl (C=O) groups excluding carboxylic acids is 2. The second kappa shape index (κ2) is 7.83. The fraction of sp³-hybridized carbons (Fsp3) is 0.750. The van der Waals surface area contributed by atoms with Gasteiger partial charge < -0.3 is 19.6 Å². The Morgan fingerprint density at radius 1 is 1.11 bits per heavy atom. The second-order valence-electron chi connectivity index (χ2n) is 8.36. The van der Waals surface area contributed by atoms with E-state index in [0.717, 1.165) is 30.5 Å². The molecule has 1 aromatic rings. The van der Waals surface area contributed by atoms with Gasteiger partial charge in [-0.2, -0.15) is 5.10 Å². The second-order valence-corrected chi connectivity index (χ2v) is 8.36. The zero-order valence-corrected chi connectivity index (χ0v) is 16.8. The Bertz CT molecular complexity index is 744. The first-order valence-corrected chi connectivity index (χ1v) is 10.4. The Hall–Kier alpha value is -1.93. The van der Waals surface area contributed by atoms with Crippen molar-refractivity contribution in [2.45, 2.75) is 70.8 Å². The molecule has 28 heavy (non-hydrogen) atoms. The summed E-state index contributed by atoms with van der Waals surface area (Å²) in [6, 6.07) is 0. The van der Waals surface area contributed by atoms with Gasteiger partial charge in [0.2, 0.25) is 5.91 Å². The first kappa shape index (κ1) is 19.4. The van der Waals surface area contributed by atoms with Crippen LogP contribution >= 0.6 is 0 Å². The zero-order chi connectivity index (χ0) is 19.8. The maximum atomic E-state index is 13.2. The van der Waals surface area contributed by atoms with E-state index in [0.29, 0.717) is 44.7 Å². The molecule has 2 atom stereocenters. The molecule has 3 aliphatic rings. The van der Waals surface area contributed by atoms with Crippen molar-refractivity contribution >= 4 is 11.8 Å². The number of piperidine rings is 1. The summed E-state index contributed by atoms with van der Waals surface area (Å²) in [7, 11) is 0. The predicted octanol–water partition coefficient (Wildman–Crippen LogP) is 0.605. The van der Waals surface area contributed by atoms with Crippen LogP contribution < -0.4 is 0 Å². The Balaban J connectivity index is 1.51. The van der Waals surface area contributed by atoms with E-state index in [2.05, 4.69) is 5.10 Å². The average molecular weight is 390 g/mol. The van der Waals surface area contributed by atoms with Gasteiger partial charge in [-0.15, -0.1) is 0 Å². The van der Waals surface area contributed by atoms with E-state index in [1.807, 2.05) is 18.7 Å². The quantitative estimate of drug-likeness (QED) is 0.817. The summed E-state index contributed by atoms with van der Waals surface area (Å²) in [4.78, 5) is 29.5. The van der Waals surface area contributed by atoms with Crippen LogP contribution in [-0.4, -0.2) is 81.0 Å². The minimum atomic E-state index is -0.305. The normalized spacial score (nSPS) is 25.8. The van der Waals surface area contributed by atoms with Gasteiger partial charge in [-0.3, -0.25) is 14.3 Å². The van der Waals surface area contributed by atoms with Gasteiger partial charge in [-0.1, -0.05) is 0 Å². The van der Waals surface area contributed by atoms with Gasteiger partial charge in [-0.25, -0.2) is 0 Å². The number of morpholine rings is 1. The van der Waals surface area contributed by atoms with Crippen molar-refractivity contribution < 1.29 is 19.4 Å². The lowest BCUT2D eigenvalue weighted by atomic mass is 10.1. The third-order valence-corrected chi connectivity index (χ3v) is 6.02. The lowest BCUT2D eigenvalue weighted by molar-refractivity contribution is -0.134. The lowest BCUT2D eigenvalue weighted by Gasteiger charge is -2.35. The minimum Gasteiger partial charge on any atom is -0.393 e. The highest BCUT2D eigenvalue weighted by Gasteiger charge is 2.33. The van der Waals surface area contributed by atoms with Crippen molar-refractivity contribution in [3.63, 3.8) is 0 Å². The maximum absolute atomic E-state index is 13.2. The first-order valence-electron chi connectivity index (χ1n) is 10.4. The Morgan fingerprint density at radius 3 is 2.46 bits per heavy atom. The number of fused-ring (bicyclic) bond motifs is 1. The summed E-state index contributed by atoms with van der Waals surface area (Å²) in [5.74, 6) is -0.0378. The molecule has 1 N–H and O–H groups in total. The molecule has 1 aromatic heterocycles. The smallest absolute Gasteiger partial charge is 0.274 e. The highest BCUT2D eigenvalue weighted by Crippen LogP contribution is 2.27. The molecule has 3 heterocycles. The van der Waals surface area contributed by atoms with E-state index in [9.17, 15) is 14.7 Å². The molecule has 0 unspecified atom stereocenters. The Morgan fingerprint density at radius 2 is 1.79 bits per heavy atom. The number of rotatable bonds is 3. The van der Waals surface area contributed by atoms with Crippen molar-refractivity contribution in [2.24, 2.45) is 0 Å². The van der Waals surface area contributed by atoms with Crippen LogP contribution in [0.4, 0.5) is 0 Å². The van der Waals surface area contributed by atoms with E-state index < -0.39 is 0 Å². The van der Waals surface area contributed by atoms with Gasteiger partial charge >= 0.3 is 0 Å². The molecule has 0 radical (unpaired) electrons. The van der Waals surface area contributed by atoms with E-state index in [4.69, 9.17) is 4.74 Å². The van der Waals surface area contributed by atoms with Gasteiger partial charge in [0, 0.05) is 37.4 Å². The molecule has 0 spiro atoms. The van der Waals surface area contributed by atoms with Gasteiger partial charge in [-0.05, 0) is 46.0 Å². The Labute approximate surface area is 165 Å². The zero-order valence-electron chi connectivity index (χ0n) is 16.8. The molecule has 4 rings (SSSR count). The number of aliphatic hydroxyl groups is 1. The number of aromatic nitrogens is 2. The van der Waals surface area contributed by atoms with E-state index in [1.54, 1.807) is 9.58 Å². The molecule has 0 aromatic carbocycles. The topological polar surface area (TPSA) is 87.9 Å². The highest BCUT2D eigenvalue weighted by atomic mass is 16.5. The number of nitrogens with zero attached hydrogens (tertiary/aromatic N) is 4. The summed E-state index contributed by atoms with van der Waals surface area (Å²) in [6.07, 6.45) is 3.67. The number of likely N-dealkylation sites (tertiary alicyclic amines) is 1. The number of hydrogen-bond acceptors (Lipinski definition) is 5. The van der Waals surface area contributed by atoms with Crippen LogP contribution in [0, 0.1) is 0 Å². The first-order chi connectivity index (χ1) is 13.4. The molecule has 0 saturated carbocycles. The van der Waals surface area contributed by atoms with Crippen LogP contribution in [0.5, 0.6) is 0 Å². The highest BCUT2D eigenvalue weighted by molar-refractivity contribution is 5.94. The van der Waals surface area contributed by atoms with Crippen LogP contribution in [0.1, 0.15) is 54.9 Å². The number of ether oxygens (including phenoxy) is 1. The van der Waals surface area contributed by atoms with Gasteiger partial charge in [0.25, 0.3) is 5.91 Å². The van der Waals surface area contributed by atoms with E-state index >= 15 is 0 Å². The van der Waals surface area contributed by atoms with Crippen molar-refractivity contribution in [3.05, 3.63) is 17.0 Å². The summed E-state index contributed by atoms with van der Waals surface area (Å²) >= 11 is 0. The van der Waals surface area contributed by atoms with Crippen molar-refractivity contribution in [2.75, 3.05) is 26.2 Å². The number of aliphatic hydroxyl groups excluding tert-OH is 1. The summed E-state index contributed by atoms with van der Waals surface area (Å²) in [6.45, 7) is 6.43. The SMILES string of the molecule is C[C@@H]1CN(C(=O)c2nn(CC(=O)N3CCC(O)CC3)c3c2CCC3)C[C@H](C)O1. The van der Waals surface area contributed by atoms with Crippen LogP contribution in [0.2, 0.25) is 0 Å². The molecule has 8 nitrogen and oxygen atoms in total. The summed E-state index contributed by atoms with van der Waals surface area (Å²) in [5.41, 5.74) is 2.55. The van der Waals surface area contributed by atoms with Crippen LogP contribution in [-0.2, 0) is 28.9 Å². The lowest BCUT2D eigenvalue weighted by Crippen LogP contribution is -2.48. The molecule has 2 aliphatic heterocycles. The third kappa shape index (κ3) is 3.80. The van der Waals surface area contributed by atoms with Crippen molar-refractivity contribution in [3.8, 4) is 0 Å². The van der Waals surface area contributed by atoms with E-state index in [-0.39, 0.29) is 36.7 Å². The largest absolute Gasteiger partial charge is 0.393 e. The molecule has 2 amide bonds. The molecular weight excluding hydrogens is 360 g/mol.